The minimum Gasteiger partial charge on any atom is -0.501 e. The molecule has 2 aromatic rings. The molecule has 0 bridgehead atoms. The molecule has 1 saturated heterocycles. The highest BCUT2D eigenvalue weighted by Gasteiger charge is 2.33. The van der Waals surface area contributed by atoms with Crippen LogP contribution in [-0.4, -0.2) is 20.3 Å². The van der Waals surface area contributed by atoms with E-state index < -0.39 is 16.4 Å². The topological polar surface area (TPSA) is 83.7 Å². The fourth-order valence-electron chi connectivity index (χ4n) is 2.44. The lowest BCUT2D eigenvalue weighted by atomic mass is 10.1. The number of nitrogens with zero attached hydrogens (tertiary/aromatic N) is 2. The number of amides is 1. The van der Waals surface area contributed by atoms with Crippen LogP contribution >= 0.6 is 39.9 Å². The van der Waals surface area contributed by atoms with Gasteiger partial charge in [-0.15, -0.1) is 0 Å². The van der Waals surface area contributed by atoms with Gasteiger partial charge in [-0.1, -0.05) is 36.1 Å². The van der Waals surface area contributed by atoms with Crippen LogP contribution in [0.1, 0.15) is 11.1 Å². The summed E-state index contributed by atoms with van der Waals surface area (Å²) in [6.45, 7) is 1.92. The van der Waals surface area contributed by atoms with Crippen molar-refractivity contribution in [3.05, 3.63) is 67.0 Å². The first-order chi connectivity index (χ1) is 12.3. The molecule has 2 aromatic carbocycles. The van der Waals surface area contributed by atoms with Crippen molar-refractivity contribution >= 4 is 67.6 Å². The van der Waals surface area contributed by atoms with Gasteiger partial charge >= 0.3 is 5.69 Å². The number of halogens is 1. The van der Waals surface area contributed by atoms with Gasteiger partial charge in [-0.25, -0.2) is 0 Å². The molecule has 9 heteroatoms. The third-order valence-corrected chi connectivity index (χ3v) is 5.52. The smallest absolute Gasteiger partial charge is 0.312 e. The Labute approximate surface area is 166 Å². The summed E-state index contributed by atoms with van der Waals surface area (Å²) < 4.78 is 0.561. The van der Waals surface area contributed by atoms with Gasteiger partial charge in [-0.05, 0) is 58.3 Å². The van der Waals surface area contributed by atoms with E-state index in [9.17, 15) is 20.0 Å². The number of carbonyl (C=O) groups excluding carboxylic acids is 1. The third-order valence-electron chi connectivity index (χ3n) is 3.61. The van der Waals surface area contributed by atoms with E-state index in [2.05, 4.69) is 15.9 Å². The van der Waals surface area contributed by atoms with Crippen LogP contribution in [0.5, 0.6) is 5.75 Å². The normalized spacial score (nSPS) is 15.8. The number of carbonyl (C=O) groups is 1. The Kier molecular flexibility index (Phi) is 5.12. The molecule has 26 heavy (non-hydrogen) atoms. The molecule has 0 aliphatic carbocycles. The summed E-state index contributed by atoms with van der Waals surface area (Å²) in [7, 11) is 0. The number of phenolic OH excluding ortho intramolecular Hbond substituents is 1. The highest BCUT2D eigenvalue weighted by Crippen LogP contribution is 2.39. The van der Waals surface area contributed by atoms with Gasteiger partial charge in [0.2, 0.25) is 5.75 Å². The lowest BCUT2D eigenvalue weighted by molar-refractivity contribution is -0.386. The number of benzene rings is 2. The van der Waals surface area contributed by atoms with Gasteiger partial charge in [0.1, 0.15) is 0 Å². The second kappa shape index (κ2) is 7.18. The van der Waals surface area contributed by atoms with Gasteiger partial charge in [0.25, 0.3) is 5.91 Å². The van der Waals surface area contributed by atoms with E-state index in [1.807, 2.05) is 25.1 Å². The van der Waals surface area contributed by atoms with Crippen molar-refractivity contribution in [1.82, 2.24) is 0 Å². The van der Waals surface area contributed by atoms with Crippen molar-refractivity contribution in [2.75, 3.05) is 4.90 Å². The zero-order chi connectivity index (χ0) is 19.0. The molecule has 1 fully saturated rings. The van der Waals surface area contributed by atoms with Crippen LogP contribution in [0.4, 0.5) is 11.4 Å². The van der Waals surface area contributed by atoms with Gasteiger partial charge in [-0.3, -0.25) is 19.8 Å². The van der Waals surface area contributed by atoms with Crippen molar-refractivity contribution in [2.45, 2.75) is 6.92 Å². The summed E-state index contributed by atoms with van der Waals surface area (Å²) >= 11 is 9.53. The Morgan fingerprint density at radius 1 is 1.35 bits per heavy atom. The van der Waals surface area contributed by atoms with Crippen molar-refractivity contribution in [3.8, 4) is 5.75 Å². The number of thiocarbonyl (C=S) groups is 1. The number of phenols is 1. The quantitative estimate of drug-likeness (QED) is 0.313. The van der Waals surface area contributed by atoms with Crippen LogP contribution < -0.4 is 4.90 Å². The van der Waals surface area contributed by atoms with E-state index in [0.29, 0.717) is 20.5 Å². The van der Waals surface area contributed by atoms with Gasteiger partial charge in [0.15, 0.2) is 4.32 Å². The molecule has 0 saturated carbocycles. The number of aryl methyl sites for hydroxylation is 1. The largest absolute Gasteiger partial charge is 0.501 e. The minimum atomic E-state index is -0.685. The zero-order valence-electron chi connectivity index (χ0n) is 13.3. The Morgan fingerprint density at radius 3 is 2.73 bits per heavy atom. The molecule has 1 heterocycles. The number of aromatic hydroxyl groups is 1. The number of anilines is 1. The van der Waals surface area contributed by atoms with Crippen molar-refractivity contribution in [1.29, 1.82) is 0 Å². The van der Waals surface area contributed by atoms with E-state index in [1.54, 1.807) is 6.07 Å². The summed E-state index contributed by atoms with van der Waals surface area (Å²) in [4.78, 5) is 24.9. The molecule has 0 aromatic heterocycles. The van der Waals surface area contributed by atoms with Gasteiger partial charge in [0.05, 0.1) is 20.0 Å². The maximum Gasteiger partial charge on any atom is 0.312 e. The molecule has 1 amide bonds. The predicted molar refractivity (Wildman–Crippen MR) is 109 cm³/mol. The number of thioether (sulfide) groups is 1. The molecule has 0 radical (unpaired) electrons. The summed E-state index contributed by atoms with van der Waals surface area (Å²) in [6.07, 6.45) is 1.52. The number of hydrogen-bond donors (Lipinski definition) is 1. The van der Waals surface area contributed by atoms with Gasteiger partial charge in [0, 0.05) is 6.07 Å². The Hall–Kier alpha value is -2.23. The van der Waals surface area contributed by atoms with E-state index in [-0.39, 0.29) is 10.4 Å². The fraction of sp³-hybridized carbons (Fsp3) is 0.0588. The SMILES string of the molecule is Cc1cccc(N2C(=O)C(=Cc3cc(Br)c(O)c([N+](=O)[O-])c3)SC2=S)c1. The molecule has 0 atom stereocenters. The summed E-state index contributed by atoms with van der Waals surface area (Å²) in [6, 6.07) is 10.1. The molecule has 132 valence electrons. The highest BCUT2D eigenvalue weighted by atomic mass is 79.9. The van der Waals surface area contributed by atoms with Crippen LogP contribution in [0.25, 0.3) is 6.08 Å². The number of hydrogen-bond acceptors (Lipinski definition) is 6. The molecular weight excluding hydrogens is 440 g/mol. The molecule has 1 aliphatic rings. The van der Waals surface area contributed by atoms with E-state index in [0.717, 1.165) is 17.3 Å². The Morgan fingerprint density at radius 2 is 2.08 bits per heavy atom. The van der Waals surface area contributed by atoms with Crippen LogP contribution in [0, 0.1) is 17.0 Å². The average molecular weight is 451 g/mol. The van der Waals surface area contributed by atoms with Crippen LogP contribution in [0.2, 0.25) is 0 Å². The molecule has 1 aliphatic heterocycles. The second-order valence-corrected chi connectivity index (χ2v) is 8.01. The summed E-state index contributed by atoms with van der Waals surface area (Å²) in [5.41, 5.74) is 1.64. The maximum absolute atomic E-state index is 12.8. The zero-order valence-corrected chi connectivity index (χ0v) is 16.5. The molecular formula is C17H11BrN2O4S2. The number of nitro benzene ring substituents is 1. The number of nitro groups is 1. The Balaban J connectivity index is 2.00. The minimum absolute atomic E-state index is 0.173. The highest BCUT2D eigenvalue weighted by molar-refractivity contribution is 9.10. The van der Waals surface area contributed by atoms with Crippen LogP contribution in [0.15, 0.2) is 45.8 Å². The monoisotopic (exact) mass is 450 g/mol. The molecule has 3 rings (SSSR count). The molecule has 1 N–H and O–H groups in total. The molecule has 6 nitrogen and oxygen atoms in total. The van der Waals surface area contributed by atoms with Gasteiger partial charge in [-0.2, -0.15) is 0 Å². The van der Waals surface area contributed by atoms with E-state index in [4.69, 9.17) is 12.2 Å². The number of rotatable bonds is 3. The predicted octanol–water partition coefficient (Wildman–Crippen LogP) is 4.78. The first kappa shape index (κ1) is 18.6. The summed E-state index contributed by atoms with van der Waals surface area (Å²) in [5, 5.41) is 20.8. The summed E-state index contributed by atoms with van der Waals surface area (Å²) in [5.74, 6) is -0.753. The third kappa shape index (κ3) is 3.50. The lowest BCUT2D eigenvalue weighted by Crippen LogP contribution is -2.27. The first-order valence-corrected chi connectivity index (χ1v) is 9.31. The van der Waals surface area contributed by atoms with E-state index >= 15 is 0 Å². The second-order valence-electron chi connectivity index (χ2n) is 5.48. The van der Waals surface area contributed by atoms with Crippen molar-refractivity contribution < 1.29 is 14.8 Å². The molecule has 0 spiro atoms. The van der Waals surface area contributed by atoms with Crippen molar-refractivity contribution in [3.63, 3.8) is 0 Å². The van der Waals surface area contributed by atoms with Crippen LogP contribution in [-0.2, 0) is 4.79 Å². The van der Waals surface area contributed by atoms with E-state index in [1.165, 1.54) is 23.1 Å². The Bertz CT molecular complexity index is 991. The fourth-order valence-corrected chi connectivity index (χ4v) is 4.20. The standard InChI is InChI=1S/C17H11BrN2O4S2/c1-9-3-2-4-11(5-9)19-16(22)14(26-17(19)25)8-10-6-12(18)15(21)13(7-10)20(23)24/h2-8,21H,1H3. The first-order valence-electron chi connectivity index (χ1n) is 7.29. The average Bonchev–Trinajstić information content (AvgIpc) is 2.84. The lowest BCUT2D eigenvalue weighted by Gasteiger charge is -2.14. The maximum atomic E-state index is 12.8. The van der Waals surface area contributed by atoms with Gasteiger partial charge < -0.3 is 5.11 Å². The molecule has 0 unspecified atom stereocenters. The van der Waals surface area contributed by atoms with Crippen LogP contribution in [0.3, 0.4) is 0 Å². The van der Waals surface area contributed by atoms with Crippen molar-refractivity contribution in [2.24, 2.45) is 0 Å².